The Bertz CT molecular complexity index is 622. The highest BCUT2D eigenvalue weighted by Gasteiger charge is 2.32. The van der Waals surface area contributed by atoms with E-state index in [4.69, 9.17) is 5.73 Å². The SMILES string of the molecule is NCc1ncc(F)c(-c2ccc(C(F)(F)F)nc2)c1F. The van der Waals surface area contributed by atoms with Crippen molar-refractivity contribution in [2.24, 2.45) is 5.73 Å². The summed E-state index contributed by atoms with van der Waals surface area (Å²) in [5.74, 6) is -2.00. The summed E-state index contributed by atoms with van der Waals surface area (Å²) in [4.78, 5) is 6.62. The molecule has 2 aromatic heterocycles. The van der Waals surface area contributed by atoms with Crippen LogP contribution in [0.25, 0.3) is 11.1 Å². The highest BCUT2D eigenvalue weighted by molar-refractivity contribution is 5.64. The molecule has 2 aromatic rings. The molecule has 0 atom stereocenters. The Morgan fingerprint density at radius 1 is 1.05 bits per heavy atom. The van der Waals surface area contributed by atoms with Gasteiger partial charge in [0.15, 0.2) is 11.6 Å². The Kier molecular flexibility index (Phi) is 3.67. The second kappa shape index (κ2) is 5.12. The van der Waals surface area contributed by atoms with Crippen LogP contribution in [-0.2, 0) is 12.7 Å². The van der Waals surface area contributed by atoms with Gasteiger partial charge in [-0.25, -0.2) is 8.78 Å². The van der Waals surface area contributed by atoms with E-state index in [1.807, 2.05) is 0 Å². The molecular formula is C12H8F5N3. The molecule has 0 aromatic carbocycles. The van der Waals surface area contributed by atoms with Crippen molar-refractivity contribution in [1.82, 2.24) is 9.97 Å². The van der Waals surface area contributed by atoms with Gasteiger partial charge in [0.1, 0.15) is 5.69 Å². The molecule has 0 aliphatic heterocycles. The lowest BCUT2D eigenvalue weighted by Crippen LogP contribution is -2.08. The Morgan fingerprint density at radius 2 is 1.75 bits per heavy atom. The van der Waals surface area contributed by atoms with Crippen LogP contribution in [0.4, 0.5) is 22.0 Å². The lowest BCUT2D eigenvalue weighted by Gasteiger charge is -2.09. The molecule has 106 valence electrons. The number of rotatable bonds is 2. The molecule has 0 aliphatic rings. The smallest absolute Gasteiger partial charge is 0.325 e. The van der Waals surface area contributed by atoms with Crippen LogP contribution in [0.5, 0.6) is 0 Å². The molecule has 0 unspecified atom stereocenters. The third-order valence-electron chi connectivity index (χ3n) is 2.58. The maximum absolute atomic E-state index is 13.9. The fraction of sp³-hybridized carbons (Fsp3) is 0.167. The lowest BCUT2D eigenvalue weighted by molar-refractivity contribution is -0.141. The number of pyridine rings is 2. The van der Waals surface area contributed by atoms with Crippen molar-refractivity contribution in [3.8, 4) is 11.1 Å². The Balaban J connectivity index is 2.52. The second-order valence-corrected chi connectivity index (χ2v) is 3.88. The monoisotopic (exact) mass is 289 g/mol. The minimum absolute atomic E-state index is 0.120. The van der Waals surface area contributed by atoms with Gasteiger partial charge in [-0.1, -0.05) is 6.07 Å². The van der Waals surface area contributed by atoms with Gasteiger partial charge in [-0.15, -0.1) is 0 Å². The van der Waals surface area contributed by atoms with E-state index in [2.05, 4.69) is 9.97 Å². The zero-order valence-corrected chi connectivity index (χ0v) is 9.88. The number of aromatic nitrogens is 2. The highest BCUT2D eigenvalue weighted by atomic mass is 19.4. The minimum Gasteiger partial charge on any atom is -0.325 e. The fourth-order valence-electron chi connectivity index (χ4n) is 1.62. The van der Waals surface area contributed by atoms with Crippen LogP contribution in [-0.4, -0.2) is 9.97 Å². The summed E-state index contributed by atoms with van der Waals surface area (Å²) in [6, 6.07) is 1.59. The van der Waals surface area contributed by atoms with Crippen molar-refractivity contribution in [3.05, 3.63) is 47.5 Å². The average Bonchev–Trinajstić information content (AvgIpc) is 2.38. The predicted molar refractivity (Wildman–Crippen MR) is 60.3 cm³/mol. The van der Waals surface area contributed by atoms with E-state index in [1.54, 1.807) is 0 Å². The van der Waals surface area contributed by atoms with Crippen molar-refractivity contribution >= 4 is 0 Å². The first kappa shape index (κ1) is 14.3. The zero-order valence-electron chi connectivity index (χ0n) is 9.88. The standard InChI is InChI=1S/C12H8F5N3/c13-7-5-19-8(3-18)11(14)10(7)6-1-2-9(20-4-6)12(15,16)17/h1-2,4-5H,3,18H2. The predicted octanol–water partition coefficient (Wildman–Crippen LogP) is 2.90. The molecule has 0 saturated carbocycles. The molecular weight excluding hydrogens is 281 g/mol. The van der Waals surface area contributed by atoms with Crippen LogP contribution in [0.1, 0.15) is 11.4 Å². The van der Waals surface area contributed by atoms with Crippen LogP contribution in [0.3, 0.4) is 0 Å². The van der Waals surface area contributed by atoms with Crippen LogP contribution >= 0.6 is 0 Å². The molecule has 0 spiro atoms. The van der Waals surface area contributed by atoms with Crippen molar-refractivity contribution < 1.29 is 22.0 Å². The number of nitrogens with two attached hydrogens (primary N) is 1. The van der Waals surface area contributed by atoms with E-state index in [0.717, 1.165) is 18.5 Å². The minimum atomic E-state index is -4.61. The van der Waals surface area contributed by atoms with Crippen LogP contribution in [0.15, 0.2) is 24.5 Å². The van der Waals surface area contributed by atoms with Gasteiger partial charge in [0, 0.05) is 18.3 Å². The van der Waals surface area contributed by atoms with Crippen LogP contribution < -0.4 is 5.73 Å². The maximum atomic E-state index is 13.9. The second-order valence-electron chi connectivity index (χ2n) is 3.88. The summed E-state index contributed by atoms with van der Waals surface area (Å²) in [6.45, 7) is -0.257. The molecule has 0 fully saturated rings. The molecule has 8 heteroatoms. The molecule has 20 heavy (non-hydrogen) atoms. The molecule has 2 rings (SSSR count). The first-order chi connectivity index (χ1) is 9.34. The topological polar surface area (TPSA) is 51.8 Å². The summed E-state index contributed by atoms with van der Waals surface area (Å²) in [6.07, 6.45) is -3.10. The molecule has 0 saturated heterocycles. The number of nitrogens with zero attached hydrogens (tertiary/aromatic N) is 2. The molecule has 2 N–H and O–H groups in total. The van der Waals surface area contributed by atoms with Crippen molar-refractivity contribution in [2.75, 3.05) is 0 Å². The largest absolute Gasteiger partial charge is 0.433 e. The Labute approximate surface area is 110 Å². The van der Waals surface area contributed by atoms with Crippen molar-refractivity contribution in [1.29, 1.82) is 0 Å². The maximum Gasteiger partial charge on any atom is 0.433 e. The van der Waals surface area contributed by atoms with E-state index >= 15 is 0 Å². The quantitative estimate of drug-likeness (QED) is 0.865. The van der Waals surface area contributed by atoms with Gasteiger partial charge in [-0.3, -0.25) is 9.97 Å². The number of alkyl halides is 3. The lowest BCUT2D eigenvalue weighted by atomic mass is 10.1. The summed E-state index contributed by atoms with van der Waals surface area (Å²) in [5.41, 5.74) is 3.30. The van der Waals surface area contributed by atoms with Gasteiger partial charge in [-0.05, 0) is 6.07 Å². The van der Waals surface area contributed by atoms with Gasteiger partial charge in [0.2, 0.25) is 0 Å². The fourth-order valence-corrected chi connectivity index (χ4v) is 1.62. The summed E-state index contributed by atoms with van der Waals surface area (Å²) < 4.78 is 64.6. The molecule has 0 radical (unpaired) electrons. The normalized spacial score (nSPS) is 11.7. The third-order valence-corrected chi connectivity index (χ3v) is 2.58. The molecule has 0 amide bonds. The van der Waals surface area contributed by atoms with Crippen LogP contribution in [0, 0.1) is 11.6 Å². The average molecular weight is 289 g/mol. The molecule has 3 nitrogen and oxygen atoms in total. The summed E-state index contributed by atoms with van der Waals surface area (Å²) >= 11 is 0. The molecule has 0 aliphatic carbocycles. The van der Waals surface area contributed by atoms with E-state index in [9.17, 15) is 22.0 Å². The zero-order chi connectivity index (χ0) is 14.9. The Morgan fingerprint density at radius 3 is 2.25 bits per heavy atom. The highest BCUT2D eigenvalue weighted by Crippen LogP contribution is 2.31. The van der Waals surface area contributed by atoms with Crippen LogP contribution in [0.2, 0.25) is 0 Å². The Hall–Kier alpha value is -2.09. The van der Waals surface area contributed by atoms with Gasteiger partial charge in [-0.2, -0.15) is 13.2 Å². The van der Waals surface area contributed by atoms with E-state index < -0.39 is 29.1 Å². The summed E-state index contributed by atoms with van der Waals surface area (Å²) in [7, 11) is 0. The number of hydrogen-bond donors (Lipinski definition) is 1. The number of halogens is 5. The molecule has 2 heterocycles. The van der Waals surface area contributed by atoms with E-state index in [1.165, 1.54) is 0 Å². The summed E-state index contributed by atoms with van der Waals surface area (Å²) in [5, 5.41) is 0. The van der Waals surface area contributed by atoms with Gasteiger partial charge < -0.3 is 5.73 Å². The van der Waals surface area contributed by atoms with Gasteiger partial charge >= 0.3 is 6.18 Å². The van der Waals surface area contributed by atoms with E-state index in [0.29, 0.717) is 6.07 Å². The number of hydrogen-bond acceptors (Lipinski definition) is 3. The molecule has 0 bridgehead atoms. The van der Waals surface area contributed by atoms with Crippen molar-refractivity contribution in [2.45, 2.75) is 12.7 Å². The third kappa shape index (κ3) is 2.60. The van der Waals surface area contributed by atoms with Gasteiger partial charge in [0.25, 0.3) is 0 Å². The van der Waals surface area contributed by atoms with Gasteiger partial charge in [0.05, 0.1) is 17.5 Å². The van der Waals surface area contributed by atoms with E-state index in [-0.39, 0.29) is 17.8 Å². The first-order valence-corrected chi connectivity index (χ1v) is 5.41. The van der Waals surface area contributed by atoms with Crippen molar-refractivity contribution in [3.63, 3.8) is 0 Å². The first-order valence-electron chi connectivity index (χ1n) is 5.41.